The van der Waals surface area contributed by atoms with Crippen LogP contribution >= 0.6 is 0 Å². The van der Waals surface area contributed by atoms with Crippen molar-refractivity contribution in [2.24, 2.45) is 0 Å². The fourth-order valence-electron chi connectivity index (χ4n) is 2.58. The van der Waals surface area contributed by atoms with E-state index in [-0.39, 0.29) is 0 Å². The molecule has 25 heavy (non-hydrogen) atoms. The molecule has 0 amide bonds. The van der Waals surface area contributed by atoms with Crippen LogP contribution in [0, 0.1) is 0 Å². The first-order chi connectivity index (χ1) is 11.0. The van der Waals surface area contributed by atoms with Crippen LogP contribution in [0.25, 0.3) is 0 Å². The first-order valence-corrected chi connectivity index (χ1v) is 16.7. The normalized spacial score (nSPS) is 13.9. The van der Waals surface area contributed by atoms with E-state index in [1.807, 2.05) is 0 Å². The van der Waals surface area contributed by atoms with Gasteiger partial charge in [0, 0.05) is 21.3 Å². The minimum Gasteiger partial charge on any atom is -0.379 e. The summed E-state index contributed by atoms with van der Waals surface area (Å²) in [6, 6.07) is 0. The minimum atomic E-state index is -1.67. The molecule has 0 aliphatic carbocycles. The minimum absolute atomic E-state index is 0.442. The van der Waals surface area contributed by atoms with E-state index < -0.39 is 26.0 Å². The molecule has 0 saturated carbocycles. The zero-order valence-electron chi connectivity index (χ0n) is 19.7. The highest BCUT2D eigenvalue weighted by Gasteiger charge is 2.51. The third-order valence-electron chi connectivity index (χ3n) is 6.04. The molecule has 0 aliphatic heterocycles. The Hall–Kier alpha value is 0.491. The summed E-state index contributed by atoms with van der Waals surface area (Å²) in [5.41, 5.74) is 0. The third-order valence-corrected chi connectivity index (χ3v) is 21.0. The van der Waals surface area contributed by atoms with Crippen LogP contribution in [0.5, 0.6) is 0 Å². The van der Waals surface area contributed by atoms with Crippen molar-refractivity contribution in [2.45, 2.75) is 91.2 Å². The molecule has 0 aliphatic rings. The second-order valence-corrected chi connectivity index (χ2v) is 22.5. The Morgan fingerprint density at radius 1 is 0.720 bits per heavy atom. The van der Waals surface area contributed by atoms with Crippen LogP contribution in [0.1, 0.15) is 54.9 Å². The summed E-state index contributed by atoms with van der Waals surface area (Å²) in [4.78, 5) is 0. The maximum Gasteiger partial charge on any atom is 0.483 e. The molecule has 0 unspecified atom stereocenters. The van der Waals surface area contributed by atoms with E-state index in [1.54, 1.807) is 21.3 Å². The van der Waals surface area contributed by atoms with Gasteiger partial charge in [0.1, 0.15) is 16.5 Å². The predicted molar refractivity (Wildman–Crippen MR) is 120 cm³/mol. The van der Waals surface area contributed by atoms with Crippen LogP contribution < -0.4 is 0 Å². The zero-order chi connectivity index (χ0) is 20.7. The van der Waals surface area contributed by atoms with E-state index in [1.165, 1.54) is 13.0 Å². The number of hydrogen-bond donors (Lipinski definition) is 0. The van der Waals surface area contributed by atoms with Crippen LogP contribution in [-0.4, -0.2) is 58.1 Å². The SMILES string of the molecule is CCCN([Si](C)(C)C(C)(C)C)[Si](C)(C)C(C)(C)C.CO[SiH](OC)OC. The van der Waals surface area contributed by atoms with Gasteiger partial charge >= 0.3 is 9.53 Å². The topological polar surface area (TPSA) is 30.9 Å². The molecule has 0 spiro atoms. The van der Waals surface area contributed by atoms with Crippen LogP contribution in [0.4, 0.5) is 0 Å². The Labute approximate surface area is 162 Å². The largest absolute Gasteiger partial charge is 0.483 e. The molecule has 154 valence electrons. The monoisotopic (exact) mass is 409 g/mol. The van der Waals surface area contributed by atoms with Crippen LogP contribution in [0.2, 0.25) is 36.3 Å². The lowest BCUT2D eigenvalue weighted by Crippen LogP contribution is -2.68. The Kier molecular flexibility index (Phi) is 11.9. The molecule has 7 heteroatoms. The maximum absolute atomic E-state index is 4.74. The summed E-state index contributed by atoms with van der Waals surface area (Å²) < 4.78 is 17.2. The second kappa shape index (κ2) is 10.7. The van der Waals surface area contributed by atoms with E-state index in [0.717, 1.165) is 0 Å². The fraction of sp³-hybridized carbons (Fsp3) is 1.00. The lowest BCUT2D eigenvalue weighted by atomic mass is 10.2. The van der Waals surface area contributed by atoms with Crippen molar-refractivity contribution < 1.29 is 13.3 Å². The van der Waals surface area contributed by atoms with E-state index in [2.05, 4.69) is 78.9 Å². The predicted octanol–water partition coefficient (Wildman–Crippen LogP) is 5.35. The molecule has 0 heterocycles. The van der Waals surface area contributed by atoms with Gasteiger partial charge in [-0.1, -0.05) is 74.7 Å². The van der Waals surface area contributed by atoms with Crippen molar-refractivity contribution in [3.8, 4) is 0 Å². The van der Waals surface area contributed by atoms with Gasteiger partial charge in [-0.25, -0.2) is 0 Å². The van der Waals surface area contributed by atoms with Gasteiger partial charge in [0.2, 0.25) is 0 Å². The van der Waals surface area contributed by atoms with Crippen molar-refractivity contribution in [2.75, 3.05) is 27.9 Å². The highest BCUT2D eigenvalue weighted by molar-refractivity contribution is 6.93. The molecule has 0 aromatic rings. The summed E-state index contributed by atoms with van der Waals surface area (Å²) in [6.45, 7) is 28.5. The van der Waals surface area contributed by atoms with Gasteiger partial charge in [0.25, 0.3) is 0 Å². The van der Waals surface area contributed by atoms with Crippen LogP contribution in [-0.2, 0) is 13.3 Å². The molecule has 0 aromatic heterocycles. The number of nitrogens with zero attached hydrogens (tertiary/aromatic N) is 1. The van der Waals surface area contributed by atoms with Crippen molar-refractivity contribution in [3.63, 3.8) is 0 Å². The highest BCUT2D eigenvalue weighted by Crippen LogP contribution is 2.46. The molecule has 0 atom stereocenters. The zero-order valence-corrected chi connectivity index (χ0v) is 22.8. The summed E-state index contributed by atoms with van der Waals surface area (Å²) in [6.07, 6.45) is 1.28. The van der Waals surface area contributed by atoms with E-state index in [4.69, 9.17) is 13.3 Å². The lowest BCUT2D eigenvalue weighted by molar-refractivity contribution is 0.163. The number of hydrogen-bond acceptors (Lipinski definition) is 4. The van der Waals surface area contributed by atoms with Gasteiger partial charge in [0.05, 0.1) is 0 Å². The molecule has 0 fully saturated rings. The lowest BCUT2D eigenvalue weighted by Gasteiger charge is -2.57. The standard InChI is InChI=1S/C15H37NSi2.C3H10O3Si/c1-12-13-16(17(8,9)14(2,3)4)18(10,11)15(5,6)7;1-4-7(5-2)6-3/h12-13H2,1-11H3;7H,1-3H3. The summed E-state index contributed by atoms with van der Waals surface area (Å²) in [5, 5.41) is 0.884. The quantitative estimate of drug-likeness (QED) is 0.530. The molecule has 0 radical (unpaired) electrons. The van der Waals surface area contributed by atoms with E-state index in [9.17, 15) is 0 Å². The molecular formula is C18H47NO3Si3. The fourth-order valence-corrected chi connectivity index (χ4v) is 13.9. The smallest absolute Gasteiger partial charge is 0.379 e. The molecule has 0 aromatic carbocycles. The Morgan fingerprint density at radius 2 is 1.00 bits per heavy atom. The summed E-state index contributed by atoms with van der Waals surface area (Å²) >= 11 is 0. The molecule has 4 nitrogen and oxygen atoms in total. The molecule has 0 N–H and O–H groups in total. The first kappa shape index (κ1) is 27.7. The highest BCUT2D eigenvalue weighted by atomic mass is 28.4. The van der Waals surface area contributed by atoms with Gasteiger partial charge in [-0.2, -0.15) is 0 Å². The summed E-state index contributed by atoms with van der Waals surface area (Å²) in [5.74, 6) is 0. The molecule has 0 rings (SSSR count). The van der Waals surface area contributed by atoms with Gasteiger partial charge in [-0.05, 0) is 23.0 Å². The van der Waals surface area contributed by atoms with Crippen molar-refractivity contribution in [1.29, 1.82) is 0 Å². The third kappa shape index (κ3) is 7.94. The average Bonchev–Trinajstić information content (AvgIpc) is 2.44. The molecule has 0 saturated heterocycles. The van der Waals surface area contributed by atoms with Crippen LogP contribution in [0.3, 0.4) is 0 Å². The van der Waals surface area contributed by atoms with Gasteiger partial charge in [0.15, 0.2) is 0 Å². The number of rotatable bonds is 7. The first-order valence-electron chi connectivity index (χ1n) is 9.40. The van der Waals surface area contributed by atoms with Crippen molar-refractivity contribution >= 4 is 26.0 Å². The van der Waals surface area contributed by atoms with Gasteiger partial charge in [-0.15, -0.1) is 0 Å². The maximum atomic E-state index is 4.74. The van der Waals surface area contributed by atoms with Crippen molar-refractivity contribution in [1.82, 2.24) is 4.23 Å². The summed E-state index contributed by atoms with van der Waals surface area (Å²) in [7, 11) is 0.238. The van der Waals surface area contributed by atoms with E-state index in [0.29, 0.717) is 10.1 Å². The average molecular weight is 410 g/mol. The van der Waals surface area contributed by atoms with Gasteiger partial charge in [-0.3, -0.25) is 0 Å². The van der Waals surface area contributed by atoms with E-state index >= 15 is 0 Å². The Morgan fingerprint density at radius 3 is 1.12 bits per heavy atom. The second-order valence-electron chi connectivity index (χ2n) is 9.77. The molecule has 0 bridgehead atoms. The van der Waals surface area contributed by atoms with Crippen molar-refractivity contribution in [3.05, 3.63) is 0 Å². The Balaban J connectivity index is 0. The molecular weight excluding hydrogens is 362 g/mol. The van der Waals surface area contributed by atoms with Crippen LogP contribution in [0.15, 0.2) is 0 Å². The Bertz CT molecular complexity index is 328. The van der Waals surface area contributed by atoms with Gasteiger partial charge < -0.3 is 17.5 Å².